The summed E-state index contributed by atoms with van der Waals surface area (Å²) in [4.78, 5) is 2.69. The zero-order chi connectivity index (χ0) is 13.4. The maximum absolute atomic E-state index is 6.15. The minimum Gasteiger partial charge on any atom is -0.329 e. The first-order valence-corrected chi connectivity index (χ1v) is 8.13. The molecule has 0 aromatic carbocycles. The van der Waals surface area contributed by atoms with Crippen LogP contribution in [-0.2, 0) is 0 Å². The summed E-state index contributed by atoms with van der Waals surface area (Å²) in [7, 11) is 0. The summed E-state index contributed by atoms with van der Waals surface area (Å²) in [5.74, 6) is 0.906. The van der Waals surface area contributed by atoms with E-state index < -0.39 is 0 Å². The predicted octanol–water partition coefficient (Wildman–Crippen LogP) is 3.80. The molecule has 0 aliphatic heterocycles. The van der Waals surface area contributed by atoms with Crippen LogP contribution in [0, 0.1) is 5.92 Å². The molecular formula is C16H34N2. The van der Waals surface area contributed by atoms with Crippen LogP contribution < -0.4 is 5.73 Å². The molecule has 0 aromatic heterocycles. The van der Waals surface area contributed by atoms with Gasteiger partial charge in [-0.2, -0.15) is 0 Å². The largest absolute Gasteiger partial charge is 0.329 e. The molecule has 1 fully saturated rings. The molecule has 0 atom stereocenters. The molecule has 18 heavy (non-hydrogen) atoms. The Balaban J connectivity index is 2.48. The lowest BCUT2D eigenvalue weighted by Crippen LogP contribution is -2.55. The highest BCUT2D eigenvalue weighted by molar-refractivity contribution is 4.95. The van der Waals surface area contributed by atoms with Crippen LogP contribution in [0.1, 0.15) is 72.1 Å². The summed E-state index contributed by atoms with van der Waals surface area (Å²) in [6.07, 6.45) is 10.8. The molecule has 0 unspecified atom stereocenters. The van der Waals surface area contributed by atoms with E-state index in [0.29, 0.717) is 5.54 Å². The van der Waals surface area contributed by atoms with Crippen molar-refractivity contribution in [3.8, 4) is 0 Å². The number of hydrogen-bond donors (Lipinski definition) is 1. The van der Waals surface area contributed by atoms with Crippen LogP contribution in [-0.4, -0.2) is 30.1 Å². The topological polar surface area (TPSA) is 29.3 Å². The molecule has 2 N–H and O–H groups in total. The van der Waals surface area contributed by atoms with Crippen molar-refractivity contribution in [1.29, 1.82) is 0 Å². The van der Waals surface area contributed by atoms with Crippen molar-refractivity contribution in [3.05, 3.63) is 0 Å². The summed E-state index contributed by atoms with van der Waals surface area (Å²) in [6, 6.07) is 0. The lowest BCUT2D eigenvalue weighted by atomic mass is 9.76. The van der Waals surface area contributed by atoms with Gasteiger partial charge in [-0.1, -0.05) is 40.0 Å². The minimum atomic E-state index is 0.327. The summed E-state index contributed by atoms with van der Waals surface area (Å²) in [5, 5.41) is 0. The van der Waals surface area contributed by atoms with E-state index in [9.17, 15) is 0 Å². The van der Waals surface area contributed by atoms with Crippen LogP contribution in [0.25, 0.3) is 0 Å². The zero-order valence-electron chi connectivity index (χ0n) is 12.9. The van der Waals surface area contributed by atoms with Crippen molar-refractivity contribution in [2.24, 2.45) is 11.7 Å². The quantitative estimate of drug-likeness (QED) is 0.668. The Morgan fingerprint density at radius 2 is 1.78 bits per heavy atom. The van der Waals surface area contributed by atoms with Crippen LogP contribution in [0.3, 0.4) is 0 Å². The fourth-order valence-electron chi connectivity index (χ4n) is 3.41. The standard InChI is InChI=1S/C16H34N2/c1-4-6-7-8-13-18(5-2)16(14-17)11-9-15(3)10-12-16/h15H,4-14,17H2,1-3H3. The SMILES string of the molecule is CCCCCCN(CC)C1(CN)CCC(C)CC1. The Morgan fingerprint density at radius 1 is 1.11 bits per heavy atom. The third-order valence-electron chi connectivity index (χ3n) is 4.92. The molecule has 1 aliphatic rings. The highest BCUT2D eigenvalue weighted by Gasteiger charge is 2.37. The summed E-state index contributed by atoms with van der Waals surface area (Å²) in [5.41, 5.74) is 6.48. The van der Waals surface area contributed by atoms with Crippen LogP contribution in [0.4, 0.5) is 0 Å². The Hall–Kier alpha value is -0.0800. The number of nitrogens with zero attached hydrogens (tertiary/aromatic N) is 1. The Morgan fingerprint density at radius 3 is 2.28 bits per heavy atom. The molecule has 1 rings (SSSR count). The molecular weight excluding hydrogens is 220 g/mol. The lowest BCUT2D eigenvalue weighted by molar-refractivity contribution is 0.0475. The van der Waals surface area contributed by atoms with Gasteiger partial charge in [0, 0.05) is 12.1 Å². The third-order valence-corrected chi connectivity index (χ3v) is 4.92. The fourth-order valence-corrected chi connectivity index (χ4v) is 3.41. The van der Waals surface area contributed by atoms with Gasteiger partial charge in [0.1, 0.15) is 0 Å². The first-order chi connectivity index (χ1) is 8.68. The van der Waals surface area contributed by atoms with Gasteiger partial charge in [0.2, 0.25) is 0 Å². The van der Waals surface area contributed by atoms with E-state index in [4.69, 9.17) is 5.73 Å². The second-order valence-corrected chi connectivity index (χ2v) is 6.25. The highest BCUT2D eigenvalue weighted by Crippen LogP contribution is 2.35. The molecule has 0 amide bonds. The van der Waals surface area contributed by atoms with Crippen molar-refractivity contribution in [3.63, 3.8) is 0 Å². The summed E-state index contributed by atoms with van der Waals surface area (Å²) in [6.45, 7) is 10.2. The second kappa shape index (κ2) is 8.16. The maximum Gasteiger partial charge on any atom is 0.0331 e. The van der Waals surface area contributed by atoms with Gasteiger partial charge in [-0.05, 0) is 51.1 Å². The Labute approximate surface area is 114 Å². The summed E-state index contributed by atoms with van der Waals surface area (Å²) >= 11 is 0. The van der Waals surface area contributed by atoms with E-state index in [1.54, 1.807) is 0 Å². The molecule has 2 heteroatoms. The van der Waals surface area contributed by atoms with Gasteiger partial charge >= 0.3 is 0 Å². The Kier molecular flexibility index (Phi) is 7.25. The zero-order valence-corrected chi connectivity index (χ0v) is 12.9. The van der Waals surface area contributed by atoms with Gasteiger partial charge in [0.15, 0.2) is 0 Å². The first-order valence-electron chi connectivity index (χ1n) is 8.13. The number of likely N-dealkylation sites (N-methyl/N-ethyl adjacent to an activating group) is 1. The highest BCUT2D eigenvalue weighted by atomic mass is 15.2. The molecule has 1 saturated carbocycles. The molecule has 0 aromatic rings. The minimum absolute atomic E-state index is 0.327. The molecule has 108 valence electrons. The van der Waals surface area contributed by atoms with Gasteiger partial charge in [0.05, 0.1) is 0 Å². The van der Waals surface area contributed by atoms with E-state index in [1.165, 1.54) is 57.9 Å². The molecule has 2 nitrogen and oxygen atoms in total. The normalized spacial score (nSPS) is 28.8. The second-order valence-electron chi connectivity index (χ2n) is 6.25. The van der Waals surface area contributed by atoms with Crippen molar-refractivity contribution in [2.75, 3.05) is 19.6 Å². The number of unbranched alkanes of at least 4 members (excludes halogenated alkanes) is 3. The predicted molar refractivity (Wildman–Crippen MR) is 80.8 cm³/mol. The molecule has 0 radical (unpaired) electrons. The molecule has 1 aliphatic carbocycles. The van der Waals surface area contributed by atoms with Crippen LogP contribution in [0.5, 0.6) is 0 Å². The Bertz CT molecular complexity index is 207. The van der Waals surface area contributed by atoms with Crippen molar-refractivity contribution < 1.29 is 0 Å². The van der Waals surface area contributed by atoms with Crippen molar-refractivity contribution >= 4 is 0 Å². The van der Waals surface area contributed by atoms with E-state index in [0.717, 1.165) is 19.0 Å². The van der Waals surface area contributed by atoms with Crippen molar-refractivity contribution in [1.82, 2.24) is 4.90 Å². The average molecular weight is 254 g/mol. The average Bonchev–Trinajstić information content (AvgIpc) is 2.41. The summed E-state index contributed by atoms with van der Waals surface area (Å²) < 4.78 is 0. The van der Waals surface area contributed by atoms with E-state index in [-0.39, 0.29) is 0 Å². The molecule has 0 bridgehead atoms. The molecule has 0 saturated heterocycles. The van der Waals surface area contributed by atoms with Crippen LogP contribution >= 0.6 is 0 Å². The molecule has 0 heterocycles. The van der Waals surface area contributed by atoms with Gasteiger partial charge in [-0.25, -0.2) is 0 Å². The van der Waals surface area contributed by atoms with Gasteiger partial charge in [-0.15, -0.1) is 0 Å². The number of nitrogens with two attached hydrogens (primary N) is 1. The lowest BCUT2D eigenvalue weighted by Gasteiger charge is -2.47. The van der Waals surface area contributed by atoms with Crippen LogP contribution in [0.15, 0.2) is 0 Å². The van der Waals surface area contributed by atoms with Crippen LogP contribution in [0.2, 0.25) is 0 Å². The number of rotatable bonds is 8. The first kappa shape index (κ1) is 16.0. The fraction of sp³-hybridized carbons (Fsp3) is 1.00. The van der Waals surface area contributed by atoms with E-state index in [2.05, 4.69) is 25.7 Å². The van der Waals surface area contributed by atoms with E-state index in [1.807, 2.05) is 0 Å². The smallest absolute Gasteiger partial charge is 0.0331 e. The van der Waals surface area contributed by atoms with E-state index >= 15 is 0 Å². The third kappa shape index (κ3) is 4.24. The molecule has 0 spiro atoms. The van der Waals surface area contributed by atoms with Crippen molar-refractivity contribution in [2.45, 2.75) is 77.7 Å². The van der Waals surface area contributed by atoms with Gasteiger partial charge in [0.25, 0.3) is 0 Å². The maximum atomic E-state index is 6.15. The van der Waals surface area contributed by atoms with Gasteiger partial charge < -0.3 is 5.73 Å². The number of hydrogen-bond acceptors (Lipinski definition) is 2. The van der Waals surface area contributed by atoms with Gasteiger partial charge in [-0.3, -0.25) is 4.90 Å². The monoisotopic (exact) mass is 254 g/mol.